The Morgan fingerprint density at radius 2 is 1.05 bits per heavy atom. The first-order chi connectivity index (χ1) is 9.33. The second-order valence-corrected chi connectivity index (χ2v) is 13.5. The largest absolute Gasteiger partial charge is 0.104 e. The lowest BCUT2D eigenvalue weighted by Gasteiger charge is -2.41. The van der Waals surface area contributed by atoms with Crippen molar-refractivity contribution >= 4 is 15.8 Å². The van der Waals surface area contributed by atoms with Gasteiger partial charge in [-0.25, -0.2) is 0 Å². The van der Waals surface area contributed by atoms with Gasteiger partial charge >= 0.3 is 0 Å². The molecule has 108 valence electrons. The molecular formula is C17H30P2. The highest BCUT2D eigenvalue weighted by Gasteiger charge is 2.52. The fourth-order valence-corrected chi connectivity index (χ4v) is 12.8. The molecule has 5 aliphatic rings. The van der Waals surface area contributed by atoms with Crippen LogP contribution >= 0.6 is 15.8 Å². The van der Waals surface area contributed by atoms with Crippen molar-refractivity contribution in [2.24, 2.45) is 0 Å². The van der Waals surface area contributed by atoms with Gasteiger partial charge in [-0.05, 0) is 92.7 Å². The van der Waals surface area contributed by atoms with E-state index in [0.29, 0.717) is 15.8 Å². The first-order valence-corrected chi connectivity index (χ1v) is 12.3. The maximum absolute atomic E-state index is 2.54. The van der Waals surface area contributed by atoms with Crippen LogP contribution in [0.3, 0.4) is 0 Å². The van der Waals surface area contributed by atoms with E-state index in [1.807, 2.05) is 0 Å². The molecule has 0 N–H and O–H groups in total. The van der Waals surface area contributed by atoms with Gasteiger partial charge in [0.15, 0.2) is 0 Å². The van der Waals surface area contributed by atoms with Crippen molar-refractivity contribution in [1.82, 2.24) is 0 Å². The van der Waals surface area contributed by atoms with Crippen LogP contribution in [0.4, 0.5) is 0 Å². The van der Waals surface area contributed by atoms with Crippen molar-refractivity contribution in [2.75, 3.05) is 6.66 Å². The predicted molar refractivity (Wildman–Crippen MR) is 89.5 cm³/mol. The van der Waals surface area contributed by atoms with E-state index < -0.39 is 0 Å². The molecule has 2 heteroatoms. The molecule has 5 heterocycles. The molecule has 0 aromatic heterocycles. The minimum Gasteiger partial charge on any atom is -0.104 e. The highest BCUT2D eigenvalue weighted by Crippen LogP contribution is 2.75. The molecule has 5 aliphatic heterocycles. The first kappa shape index (κ1) is 13.5. The van der Waals surface area contributed by atoms with E-state index in [2.05, 4.69) is 6.66 Å². The quantitative estimate of drug-likeness (QED) is 0.498. The van der Waals surface area contributed by atoms with E-state index >= 15 is 0 Å². The lowest BCUT2D eigenvalue weighted by molar-refractivity contribution is 0.477. The highest BCUT2D eigenvalue weighted by atomic mass is 31.1. The molecule has 0 aliphatic carbocycles. The molecule has 0 saturated carbocycles. The zero-order chi connectivity index (χ0) is 12.8. The van der Waals surface area contributed by atoms with E-state index in [1.165, 1.54) is 28.3 Å². The summed E-state index contributed by atoms with van der Waals surface area (Å²) in [6.07, 6.45) is 17.5. The zero-order valence-corrected chi connectivity index (χ0v) is 14.3. The van der Waals surface area contributed by atoms with Gasteiger partial charge in [-0.2, -0.15) is 0 Å². The first-order valence-electron chi connectivity index (χ1n) is 8.82. The van der Waals surface area contributed by atoms with Gasteiger partial charge in [-0.3, -0.25) is 0 Å². The fourth-order valence-electron chi connectivity index (χ4n) is 5.64. The van der Waals surface area contributed by atoms with E-state index in [0.717, 1.165) is 0 Å². The smallest absolute Gasteiger partial charge is 0.0198 e. The number of hydrogen-bond acceptors (Lipinski definition) is 0. The molecular weight excluding hydrogens is 266 g/mol. The lowest BCUT2D eigenvalue weighted by Crippen LogP contribution is -2.25. The lowest BCUT2D eigenvalue weighted by atomic mass is 9.99. The van der Waals surface area contributed by atoms with Crippen LogP contribution in [0.1, 0.15) is 70.6 Å². The molecule has 0 amide bonds. The third-order valence-electron chi connectivity index (χ3n) is 6.78. The second-order valence-electron chi connectivity index (χ2n) is 7.63. The molecule has 5 saturated heterocycles. The molecule has 0 aromatic carbocycles. The summed E-state index contributed by atoms with van der Waals surface area (Å²) >= 11 is 0. The van der Waals surface area contributed by atoms with Gasteiger partial charge in [0.2, 0.25) is 0 Å². The topological polar surface area (TPSA) is 0 Å². The summed E-state index contributed by atoms with van der Waals surface area (Å²) < 4.78 is 0. The Morgan fingerprint density at radius 3 is 1.47 bits per heavy atom. The van der Waals surface area contributed by atoms with Crippen molar-refractivity contribution in [3.63, 3.8) is 0 Å². The molecule has 2 bridgehead atoms. The molecule has 0 spiro atoms. The van der Waals surface area contributed by atoms with Gasteiger partial charge < -0.3 is 0 Å². The van der Waals surface area contributed by atoms with Gasteiger partial charge in [0.25, 0.3) is 0 Å². The maximum atomic E-state index is 2.54. The minimum absolute atomic E-state index is 0.470. The Balaban J connectivity index is 0.000000102. The van der Waals surface area contributed by atoms with Gasteiger partial charge in [0.05, 0.1) is 0 Å². The van der Waals surface area contributed by atoms with Gasteiger partial charge in [0.1, 0.15) is 0 Å². The third kappa shape index (κ3) is 2.44. The van der Waals surface area contributed by atoms with Gasteiger partial charge in [0, 0.05) is 0 Å². The van der Waals surface area contributed by atoms with Gasteiger partial charge in [-0.15, -0.1) is 7.92 Å². The third-order valence-corrected chi connectivity index (χ3v) is 14.1. The maximum Gasteiger partial charge on any atom is -0.0198 e. The minimum atomic E-state index is 0.470. The Hall–Kier alpha value is 0.860. The van der Waals surface area contributed by atoms with E-state index in [1.54, 1.807) is 70.6 Å². The Bertz CT molecular complexity index is 293. The van der Waals surface area contributed by atoms with Crippen LogP contribution in [-0.2, 0) is 0 Å². The molecule has 2 atom stereocenters. The number of hydrogen-bond donors (Lipinski definition) is 0. The van der Waals surface area contributed by atoms with Crippen molar-refractivity contribution in [3.05, 3.63) is 0 Å². The van der Waals surface area contributed by atoms with E-state index in [-0.39, 0.29) is 0 Å². The SMILES string of the molecule is C1CC2CC3CCC1P23.CP1C2CCCC1CCC2. The Kier molecular flexibility index (Phi) is 3.96. The predicted octanol–water partition coefficient (Wildman–Crippen LogP) is 5.77. The highest BCUT2D eigenvalue weighted by molar-refractivity contribution is 7.62. The summed E-state index contributed by atoms with van der Waals surface area (Å²) in [6.45, 7) is 2.54. The molecule has 19 heavy (non-hydrogen) atoms. The summed E-state index contributed by atoms with van der Waals surface area (Å²) in [5, 5.41) is 0. The molecule has 5 rings (SSSR count). The van der Waals surface area contributed by atoms with Crippen molar-refractivity contribution in [3.8, 4) is 0 Å². The monoisotopic (exact) mass is 296 g/mol. The number of fused-ring (bicyclic) bond motifs is 2. The molecule has 0 nitrogen and oxygen atoms in total. The Morgan fingerprint density at radius 1 is 0.579 bits per heavy atom. The molecule has 5 fully saturated rings. The molecule has 0 radical (unpaired) electrons. The normalized spacial score (nSPS) is 53.8. The van der Waals surface area contributed by atoms with Crippen LogP contribution in [0, 0.1) is 0 Å². The zero-order valence-electron chi connectivity index (χ0n) is 12.6. The molecule has 2 unspecified atom stereocenters. The van der Waals surface area contributed by atoms with E-state index in [4.69, 9.17) is 0 Å². The molecule has 0 aromatic rings. The van der Waals surface area contributed by atoms with Gasteiger partial charge in [-0.1, -0.05) is 20.8 Å². The summed E-state index contributed by atoms with van der Waals surface area (Å²) in [6, 6.07) is 0. The van der Waals surface area contributed by atoms with Crippen molar-refractivity contribution in [1.29, 1.82) is 0 Å². The summed E-state index contributed by atoms with van der Waals surface area (Å²) in [7, 11) is 1.11. The Labute approximate surface area is 122 Å². The average Bonchev–Trinajstić information content (AvgIpc) is 2.79. The summed E-state index contributed by atoms with van der Waals surface area (Å²) in [4.78, 5) is 0. The van der Waals surface area contributed by atoms with Crippen molar-refractivity contribution in [2.45, 2.75) is 98.9 Å². The van der Waals surface area contributed by atoms with Crippen LogP contribution in [-0.4, -0.2) is 35.0 Å². The van der Waals surface area contributed by atoms with Crippen molar-refractivity contribution < 1.29 is 0 Å². The van der Waals surface area contributed by atoms with Crippen LogP contribution in [0.2, 0.25) is 0 Å². The number of rotatable bonds is 0. The second kappa shape index (κ2) is 5.57. The summed E-state index contributed by atoms with van der Waals surface area (Å²) in [5.41, 5.74) is 6.18. The average molecular weight is 296 g/mol. The van der Waals surface area contributed by atoms with Crippen LogP contribution in [0.15, 0.2) is 0 Å². The van der Waals surface area contributed by atoms with Crippen LogP contribution < -0.4 is 0 Å². The van der Waals surface area contributed by atoms with Crippen LogP contribution in [0.25, 0.3) is 0 Å². The van der Waals surface area contributed by atoms with Crippen LogP contribution in [0.5, 0.6) is 0 Å². The fraction of sp³-hybridized carbons (Fsp3) is 1.00. The summed E-state index contributed by atoms with van der Waals surface area (Å²) in [5.74, 6) is 0. The van der Waals surface area contributed by atoms with E-state index in [9.17, 15) is 0 Å². The standard InChI is InChI=1S/C9H17P.C8H13P/c1-10-8-4-2-5-9(10)7-3-6-8;1-3-7-5-8-4-2-6(1)9(7)8/h8-9H,2-7H2,1H3;6-8H,1-5H2.